The molecule has 0 radical (unpaired) electrons. The van der Waals surface area contributed by atoms with Crippen LogP contribution in [0.1, 0.15) is 39.8 Å². The molecule has 37 heavy (non-hydrogen) atoms. The maximum Gasteiger partial charge on any atom is 0.282 e. The molecule has 3 aromatic rings. The smallest absolute Gasteiger partial charge is 0.282 e. The number of nitrogens with two attached hydrogens (primary N) is 1. The molecule has 0 spiro atoms. The highest BCUT2D eigenvalue weighted by Crippen LogP contribution is 2.32. The van der Waals surface area contributed by atoms with Crippen LogP contribution in [0, 0.1) is 0 Å². The van der Waals surface area contributed by atoms with Gasteiger partial charge in [-0.1, -0.05) is 48.0 Å². The molecular formula is C26H30ClN7O3. The standard InChI is InChI=1S/C26H30ClN7O3/c27-21-4-2-1-3-20(21)25(36)34-26(29-16-19-7-5-18(15-28)6-8-19)30-24(31-34)22-9-10-33(22)17-23(35)32-11-13-37-14-12-32/h1-8,22H,9-17,28H2,(H,29,30,31). The number of aromatic nitrogens is 3. The molecule has 1 amide bonds. The molecule has 1 unspecified atom stereocenters. The normalized spacial score (nSPS) is 17.9. The Morgan fingerprint density at radius 1 is 1.05 bits per heavy atom. The number of hydrogen-bond acceptors (Lipinski definition) is 8. The van der Waals surface area contributed by atoms with E-state index in [9.17, 15) is 9.59 Å². The van der Waals surface area contributed by atoms with Crippen LogP contribution in [0.4, 0.5) is 5.95 Å². The van der Waals surface area contributed by atoms with Crippen LogP contribution in [0.3, 0.4) is 0 Å². The van der Waals surface area contributed by atoms with Gasteiger partial charge in [-0.2, -0.15) is 9.67 Å². The van der Waals surface area contributed by atoms with Gasteiger partial charge in [0.15, 0.2) is 5.82 Å². The van der Waals surface area contributed by atoms with Gasteiger partial charge in [0.25, 0.3) is 5.91 Å². The van der Waals surface area contributed by atoms with Gasteiger partial charge in [-0.3, -0.25) is 14.5 Å². The van der Waals surface area contributed by atoms with Crippen molar-refractivity contribution in [3.05, 3.63) is 76.1 Å². The van der Waals surface area contributed by atoms with Gasteiger partial charge in [0, 0.05) is 32.7 Å². The van der Waals surface area contributed by atoms with E-state index in [0.717, 1.165) is 24.1 Å². The van der Waals surface area contributed by atoms with Crippen molar-refractivity contribution in [2.75, 3.05) is 44.7 Å². The van der Waals surface area contributed by atoms with E-state index >= 15 is 0 Å². The number of rotatable bonds is 8. The van der Waals surface area contributed by atoms with Crippen LogP contribution in [0.15, 0.2) is 48.5 Å². The Kier molecular flexibility index (Phi) is 7.80. The summed E-state index contributed by atoms with van der Waals surface area (Å²) in [5.74, 6) is 0.524. The summed E-state index contributed by atoms with van der Waals surface area (Å²) in [6, 6.07) is 14.6. The van der Waals surface area contributed by atoms with Crippen molar-refractivity contribution in [3.63, 3.8) is 0 Å². The van der Waals surface area contributed by atoms with Crippen LogP contribution in [0.5, 0.6) is 0 Å². The van der Waals surface area contributed by atoms with Crippen molar-refractivity contribution in [3.8, 4) is 0 Å². The quantitative estimate of drug-likeness (QED) is 0.461. The minimum Gasteiger partial charge on any atom is -0.378 e. The van der Waals surface area contributed by atoms with Crippen LogP contribution in [0.2, 0.25) is 5.02 Å². The molecule has 0 bridgehead atoms. The lowest BCUT2D eigenvalue weighted by Crippen LogP contribution is -2.50. The summed E-state index contributed by atoms with van der Waals surface area (Å²) in [7, 11) is 0. The number of halogens is 1. The molecule has 3 heterocycles. The highest BCUT2D eigenvalue weighted by atomic mass is 35.5. The van der Waals surface area contributed by atoms with Crippen molar-refractivity contribution < 1.29 is 14.3 Å². The molecule has 2 saturated heterocycles. The predicted molar refractivity (Wildman–Crippen MR) is 139 cm³/mol. The Labute approximate surface area is 220 Å². The van der Waals surface area contributed by atoms with E-state index in [2.05, 4.69) is 10.4 Å². The lowest BCUT2D eigenvalue weighted by atomic mass is 10.0. The van der Waals surface area contributed by atoms with Gasteiger partial charge in [0.05, 0.1) is 36.4 Å². The predicted octanol–water partition coefficient (Wildman–Crippen LogP) is 2.30. The van der Waals surface area contributed by atoms with Gasteiger partial charge in [-0.05, 0) is 29.7 Å². The summed E-state index contributed by atoms with van der Waals surface area (Å²) in [6.07, 6.45) is 0.806. The van der Waals surface area contributed by atoms with Crippen LogP contribution in [-0.4, -0.2) is 75.8 Å². The first kappa shape index (κ1) is 25.3. The topological polar surface area (TPSA) is 119 Å². The summed E-state index contributed by atoms with van der Waals surface area (Å²) in [5, 5.41) is 8.19. The molecule has 2 fully saturated rings. The molecular weight excluding hydrogens is 494 g/mol. The molecule has 0 saturated carbocycles. The fourth-order valence-electron chi connectivity index (χ4n) is 4.46. The summed E-state index contributed by atoms with van der Waals surface area (Å²) in [6.45, 7) is 4.32. The minimum atomic E-state index is -0.374. The second-order valence-electron chi connectivity index (χ2n) is 9.13. The number of morpholine rings is 1. The molecule has 11 heteroatoms. The summed E-state index contributed by atoms with van der Waals surface area (Å²) >= 11 is 6.31. The van der Waals surface area contributed by atoms with E-state index in [-0.39, 0.29) is 24.4 Å². The Morgan fingerprint density at radius 2 is 1.78 bits per heavy atom. The maximum absolute atomic E-state index is 13.4. The number of benzene rings is 2. The number of carbonyl (C=O) groups excluding carboxylic acids is 2. The van der Waals surface area contributed by atoms with Crippen LogP contribution >= 0.6 is 11.6 Å². The van der Waals surface area contributed by atoms with E-state index in [4.69, 9.17) is 27.1 Å². The molecule has 2 aliphatic rings. The van der Waals surface area contributed by atoms with E-state index in [0.29, 0.717) is 61.8 Å². The Hall–Kier alpha value is -3.31. The zero-order valence-electron chi connectivity index (χ0n) is 20.5. The maximum atomic E-state index is 13.4. The molecule has 2 aromatic carbocycles. The van der Waals surface area contributed by atoms with Crippen LogP contribution in [0.25, 0.3) is 0 Å². The number of nitrogens with one attached hydrogen (secondary N) is 1. The van der Waals surface area contributed by atoms with Crippen LogP contribution < -0.4 is 11.1 Å². The first-order chi connectivity index (χ1) is 18.0. The van der Waals surface area contributed by atoms with Gasteiger partial charge in [0.2, 0.25) is 11.9 Å². The summed E-state index contributed by atoms with van der Waals surface area (Å²) in [4.78, 5) is 34.8. The van der Waals surface area contributed by atoms with Gasteiger partial charge in [0.1, 0.15) is 0 Å². The minimum absolute atomic E-state index is 0.0684. The third kappa shape index (κ3) is 5.67. The lowest BCUT2D eigenvalue weighted by molar-refractivity contribution is -0.138. The number of carbonyl (C=O) groups is 2. The second-order valence-corrected chi connectivity index (χ2v) is 9.54. The first-order valence-electron chi connectivity index (χ1n) is 12.4. The highest BCUT2D eigenvalue weighted by Gasteiger charge is 2.36. The van der Waals surface area contributed by atoms with E-state index in [1.807, 2.05) is 34.1 Å². The fourth-order valence-corrected chi connectivity index (χ4v) is 4.67. The second kappa shape index (κ2) is 11.4. The Morgan fingerprint density at radius 3 is 2.46 bits per heavy atom. The van der Waals surface area contributed by atoms with E-state index in [1.54, 1.807) is 24.3 Å². The zero-order chi connectivity index (χ0) is 25.8. The van der Waals surface area contributed by atoms with E-state index in [1.165, 1.54) is 4.68 Å². The number of ether oxygens (including phenoxy) is 1. The zero-order valence-corrected chi connectivity index (χ0v) is 21.2. The van der Waals surface area contributed by atoms with Gasteiger partial charge in [-0.15, -0.1) is 5.10 Å². The van der Waals surface area contributed by atoms with Gasteiger partial charge in [-0.25, -0.2) is 0 Å². The van der Waals surface area contributed by atoms with Crippen molar-refractivity contribution in [1.29, 1.82) is 0 Å². The number of hydrogen-bond donors (Lipinski definition) is 2. The fraction of sp³-hybridized carbons (Fsp3) is 0.385. The average molecular weight is 524 g/mol. The highest BCUT2D eigenvalue weighted by molar-refractivity contribution is 6.33. The Bertz CT molecular complexity index is 1260. The third-order valence-corrected chi connectivity index (χ3v) is 7.09. The molecule has 1 aromatic heterocycles. The molecule has 3 N–H and O–H groups in total. The number of amides is 1. The molecule has 1 atom stereocenters. The number of anilines is 1. The van der Waals surface area contributed by atoms with Crippen molar-refractivity contribution in [2.24, 2.45) is 5.73 Å². The number of nitrogens with zero attached hydrogens (tertiary/aromatic N) is 5. The largest absolute Gasteiger partial charge is 0.378 e. The van der Waals surface area contributed by atoms with Crippen molar-refractivity contribution in [1.82, 2.24) is 24.6 Å². The van der Waals surface area contributed by atoms with Crippen molar-refractivity contribution in [2.45, 2.75) is 25.6 Å². The monoisotopic (exact) mass is 523 g/mol. The Balaban J connectivity index is 1.36. The number of likely N-dealkylation sites (tertiary alicyclic amines) is 1. The summed E-state index contributed by atoms with van der Waals surface area (Å²) < 4.78 is 6.62. The molecule has 0 aliphatic carbocycles. The third-order valence-electron chi connectivity index (χ3n) is 6.76. The van der Waals surface area contributed by atoms with Gasteiger partial charge < -0.3 is 20.7 Å². The first-order valence-corrected chi connectivity index (χ1v) is 12.8. The molecule has 2 aliphatic heterocycles. The average Bonchev–Trinajstić information content (AvgIpc) is 3.33. The van der Waals surface area contributed by atoms with E-state index < -0.39 is 0 Å². The van der Waals surface area contributed by atoms with Crippen molar-refractivity contribution >= 4 is 29.4 Å². The van der Waals surface area contributed by atoms with Crippen LogP contribution in [-0.2, 0) is 22.6 Å². The SMILES string of the molecule is NCc1ccc(CNc2nc(C3CCN3CC(=O)N3CCOCC3)nn2C(=O)c2ccccc2Cl)cc1. The molecule has 5 rings (SSSR count). The molecule has 10 nitrogen and oxygen atoms in total. The van der Waals surface area contributed by atoms with Gasteiger partial charge >= 0.3 is 0 Å². The lowest BCUT2D eigenvalue weighted by Gasteiger charge is -2.40. The summed E-state index contributed by atoms with van der Waals surface area (Å²) in [5.41, 5.74) is 8.09. The molecule has 194 valence electrons.